The summed E-state index contributed by atoms with van der Waals surface area (Å²) in [5.74, 6) is 0. The van der Waals surface area contributed by atoms with Crippen molar-refractivity contribution >= 4 is 0 Å². The molecule has 1 aromatic heterocycles. The van der Waals surface area contributed by atoms with Gasteiger partial charge in [0.2, 0.25) is 0 Å². The summed E-state index contributed by atoms with van der Waals surface area (Å²) in [5.41, 5.74) is 1.26. The molecule has 0 amide bonds. The van der Waals surface area contributed by atoms with Gasteiger partial charge in [-0.2, -0.15) is 0 Å². The summed E-state index contributed by atoms with van der Waals surface area (Å²) in [6.07, 6.45) is 7.85. The third-order valence-electron chi connectivity index (χ3n) is 3.66. The number of likely N-dealkylation sites (N-methyl/N-ethyl adjacent to an activating group) is 1. The van der Waals surface area contributed by atoms with Crippen LogP contribution in [0.15, 0.2) is 24.5 Å². The predicted molar refractivity (Wildman–Crippen MR) is 88.6 cm³/mol. The molecule has 2 aliphatic rings. The Hall–Kier alpha value is -0.970. The van der Waals surface area contributed by atoms with Crippen molar-refractivity contribution in [1.29, 1.82) is 0 Å². The number of morpholine rings is 1. The molecule has 0 N–H and O–H groups in total. The summed E-state index contributed by atoms with van der Waals surface area (Å²) < 4.78 is 5.10. The van der Waals surface area contributed by atoms with Crippen LogP contribution < -0.4 is 0 Å². The molecule has 0 aliphatic carbocycles. The normalized spacial score (nSPS) is 19.8. The van der Waals surface area contributed by atoms with Gasteiger partial charge >= 0.3 is 0 Å². The standard InChI is InChI=1S/C6H7N.C6H13N.C5H11NO/c1-6-2-4-7-5-3-6;1-7-5-3-2-4-6-7;1-6-2-4-7-5-3-6/h2-5H,1H3;2-6H2,1H3;2-5H2,1H3. The lowest BCUT2D eigenvalue weighted by atomic mass is 10.1. The fourth-order valence-electron chi connectivity index (χ4n) is 2.13. The third-order valence-corrected chi connectivity index (χ3v) is 3.66. The van der Waals surface area contributed by atoms with E-state index >= 15 is 0 Å². The second-order valence-corrected chi connectivity index (χ2v) is 5.80. The summed E-state index contributed by atoms with van der Waals surface area (Å²) in [7, 11) is 4.31. The molecule has 0 spiro atoms. The summed E-state index contributed by atoms with van der Waals surface area (Å²) in [5, 5.41) is 0. The van der Waals surface area contributed by atoms with E-state index in [2.05, 4.69) is 28.9 Å². The van der Waals surface area contributed by atoms with E-state index in [0.717, 1.165) is 26.3 Å². The van der Waals surface area contributed by atoms with Crippen molar-refractivity contribution in [2.75, 3.05) is 53.5 Å². The second-order valence-electron chi connectivity index (χ2n) is 5.80. The molecule has 2 aliphatic heterocycles. The van der Waals surface area contributed by atoms with E-state index in [1.807, 2.05) is 19.1 Å². The van der Waals surface area contributed by atoms with E-state index in [9.17, 15) is 0 Å². The molecule has 0 atom stereocenters. The molecule has 21 heavy (non-hydrogen) atoms. The van der Waals surface area contributed by atoms with Crippen molar-refractivity contribution in [1.82, 2.24) is 14.8 Å². The first-order valence-corrected chi connectivity index (χ1v) is 8.00. The highest BCUT2D eigenvalue weighted by atomic mass is 16.5. The minimum atomic E-state index is 0.913. The third kappa shape index (κ3) is 10.4. The lowest BCUT2D eigenvalue weighted by Gasteiger charge is -2.21. The molecule has 3 rings (SSSR count). The Morgan fingerprint density at radius 2 is 1.38 bits per heavy atom. The van der Waals surface area contributed by atoms with Crippen LogP contribution in [-0.4, -0.2) is 68.3 Å². The number of aromatic nitrogens is 1. The number of likely N-dealkylation sites (tertiary alicyclic amines) is 1. The molecule has 2 saturated heterocycles. The summed E-state index contributed by atoms with van der Waals surface area (Å²) in [6, 6.07) is 3.94. The molecule has 0 bridgehead atoms. The maximum atomic E-state index is 5.10. The Kier molecular flexibility index (Phi) is 10.0. The van der Waals surface area contributed by atoms with E-state index in [4.69, 9.17) is 4.74 Å². The SMILES string of the molecule is CN1CCCCC1.CN1CCOCC1.Cc1ccncc1. The second kappa shape index (κ2) is 11.7. The maximum Gasteiger partial charge on any atom is 0.0594 e. The quantitative estimate of drug-likeness (QED) is 0.734. The fourth-order valence-corrected chi connectivity index (χ4v) is 2.13. The van der Waals surface area contributed by atoms with Gasteiger partial charge < -0.3 is 14.5 Å². The number of pyridine rings is 1. The Morgan fingerprint density at radius 1 is 0.857 bits per heavy atom. The Morgan fingerprint density at radius 3 is 1.67 bits per heavy atom. The van der Waals surface area contributed by atoms with Crippen LogP contribution in [0.4, 0.5) is 0 Å². The topological polar surface area (TPSA) is 28.6 Å². The average Bonchev–Trinajstić information content (AvgIpc) is 2.51. The summed E-state index contributed by atoms with van der Waals surface area (Å²) in [6.45, 7) is 8.70. The van der Waals surface area contributed by atoms with Gasteiger partial charge in [0.05, 0.1) is 13.2 Å². The van der Waals surface area contributed by atoms with Crippen LogP contribution in [0.2, 0.25) is 0 Å². The zero-order valence-corrected chi connectivity index (χ0v) is 13.9. The number of piperidine rings is 1. The smallest absolute Gasteiger partial charge is 0.0594 e. The van der Waals surface area contributed by atoms with E-state index in [1.54, 1.807) is 12.4 Å². The van der Waals surface area contributed by atoms with Crippen molar-refractivity contribution in [2.45, 2.75) is 26.2 Å². The van der Waals surface area contributed by atoms with E-state index in [0.29, 0.717) is 0 Å². The lowest BCUT2D eigenvalue weighted by molar-refractivity contribution is 0.0503. The first kappa shape index (κ1) is 18.1. The van der Waals surface area contributed by atoms with Crippen LogP contribution in [-0.2, 0) is 4.74 Å². The number of hydrogen-bond acceptors (Lipinski definition) is 4. The van der Waals surface area contributed by atoms with Gasteiger partial charge in [-0.15, -0.1) is 0 Å². The highest BCUT2D eigenvalue weighted by Crippen LogP contribution is 2.04. The predicted octanol–water partition coefficient (Wildman–Crippen LogP) is 2.44. The number of hydrogen-bond donors (Lipinski definition) is 0. The van der Waals surface area contributed by atoms with Crippen molar-refractivity contribution < 1.29 is 4.74 Å². The van der Waals surface area contributed by atoms with E-state index in [1.165, 1.54) is 37.9 Å². The Bertz CT molecular complexity index is 317. The molecule has 120 valence electrons. The summed E-state index contributed by atoms with van der Waals surface area (Å²) in [4.78, 5) is 8.51. The average molecular weight is 293 g/mol. The summed E-state index contributed by atoms with van der Waals surface area (Å²) >= 11 is 0. The van der Waals surface area contributed by atoms with Crippen molar-refractivity contribution in [3.63, 3.8) is 0 Å². The van der Waals surface area contributed by atoms with Gasteiger partial charge in [-0.25, -0.2) is 0 Å². The Balaban J connectivity index is 0.000000157. The van der Waals surface area contributed by atoms with Gasteiger partial charge in [0.1, 0.15) is 0 Å². The first-order chi connectivity index (χ1) is 10.2. The zero-order chi connectivity index (χ0) is 15.3. The molecule has 3 heterocycles. The number of aryl methyl sites for hydroxylation is 1. The van der Waals surface area contributed by atoms with E-state index < -0.39 is 0 Å². The van der Waals surface area contributed by atoms with Gasteiger partial charge in [-0.05, 0) is 64.6 Å². The van der Waals surface area contributed by atoms with Crippen LogP contribution >= 0.6 is 0 Å². The van der Waals surface area contributed by atoms with Gasteiger partial charge in [-0.1, -0.05) is 6.42 Å². The number of ether oxygens (including phenoxy) is 1. The molecule has 0 aromatic carbocycles. The maximum absolute atomic E-state index is 5.10. The van der Waals surface area contributed by atoms with Crippen LogP contribution in [0.5, 0.6) is 0 Å². The molecule has 0 saturated carbocycles. The van der Waals surface area contributed by atoms with Gasteiger partial charge in [0.25, 0.3) is 0 Å². The fraction of sp³-hybridized carbons (Fsp3) is 0.706. The number of rotatable bonds is 0. The van der Waals surface area contributed by atoms with E-state index in [-0.39, 0.29) is 0 Å². The van der Waals surface area contributed by atoms with Crippen LogP contribution in [0.25, 0.3) is 0 Å². The van der Waals surface area contributed by atoms with Crippen LogP contribution in [0.3, 0.4) is 0 Å². The monoisotopic (exact) mass is 293 g/mol. The van der Waals surface area contributed by atoms with Gasteiger partial charge in [-0.3, -0.25) is 4.98 Å². The number of nitrogens with zero attached hydrogens (tertiary/aromatic N) is 3. The van der Waals surface area contributed by atoms with Gasteiger partial charge in [0, 0.05) is 25.5 Å². The lowest BCUT2D eigenvalue weighted by Crippen LogP contribution is -2.32. The highest BCUT2D eigenvalue weighted by Gasteiger charge is 2.02. The minimum Gasteiger partial charge on any atom is -0.379 e. The molecule has 4 nitrogen and oxygen atoms in total. The molecule has 0 radical (unpaired) electrons. The zero-order valence-electron chi connectivity index (χ0n) is 13.9. The van der Waals surface area contributed by atoms with Crippen molar-refractivity contribution in [3.8, 4) is 0 Å². The molecule has 0 unspecified atom stereocenters. The highest BCUT2D eigenvalue weighted by molar-refractivity contribution is 5.05. The first-order valence-electron chi connectivity index (χ1n) is 8.00. The molecule has 2 fully saturated rings. The largest absolute Gasteiger partial charge is 0.379 e. The van der Waals surface area contributed by atoms with Gasteiger partial charge in [0.15, 0.2) is 0 Å². The van der Waals surface area contributed by atoms with Crippen LogP contribution in [0, 0.1) is 6.92 Å². The minimum absolute atomic E-state index is 0.913. The molecule has 4 heteroatoms. The van der Waals surface area contributed by atoms with Crippen molar-refractivity contribution in [2.24, 2.45) is 0 Å². The molecular formula is C17H31N3O. The molecule has 1 aromatic rings. The van der Waals surface area contributed by atoms with Crippen LogP contribution in [0.1, 0.15) is 24.8 Å². The Labute approximate surface area is 130 Å². The van der Waals surface area contributed by atoms with Crippen molar-refractivity contribution in [3.05, 3.63) is 30.1 Å². The molecular weight excluding hydrogens is 262 g/mol.